The van der Waals surface area contributed by atoms with Crippen LogP contribution in [0.25, 0.3) is 0 Å². The third-order valence-corrected chi connectivity index (χ3v) is 3.14. The standard InChI is InChI=1S/C18H26O2/c1-13(2)7-9-15-11-18(20-6)16(10-8-14(3)4)12-17(15)19-5/h7-8,11-12H,9-10H2,1-6H3. The fourth-order valence-corrected chi connectivity index (χ4v) is 1.97. The van der Waals surface area contributed by atoms with Crippen molar-refractivity contribution in [1.82, 2.24) is 0 Å². The molecule has 1 aromatic rings. The van der Waals surface area contributed by atoms with Gasteiger partial charge in [-0.15, -0.1) is 0 Å². The van der Waals surface area contributed by atoms with Gasteiger partial charge < -0.3 is 9.47 Å². The van der Waals surface area contributed by atoms with E-state index in [-0.39, 0.29) is 0 Å². The van der Waals surface area contributed by atoms with Crippen molar-refractivity contribution in [1.29, 1.82) is 0 Å². The monoisotopic (exact) mass is 274 g/mol. The second-order valence-corrected chi connectivity index (χ2v) is 5.45. The Bertz CT molecular complexity index is 455. The number of benzene rings is 1. The predicted molar refractivity (Wildman–Crippen MR) is 85.8 cm³/mol. The van der Waals surface area contributed by atoms with Gasteiger partial charge in [0.15, 0.2) is 0 Å². The molecule has 0 spiro atoms. The second-order valence-electron chi connectivity index (χ2n) is 5.45. The van der Waals surface area contributed by atoms with Crippen LogP contribution in [-0.2, 0) is 12.8 Å². The Kier molecular flexibility index (Phi) is 6.37. The largest absolute Gasteiger partial charge is 0.496 e. The van der Waals surface area contributed by atoms with Crippen LogP contribution < -0.4 is 9.47 Å². The number of hydrogen-bond donors (Lipinski definition) is 0. The van der Waals surface area contributed by atoms with Gasteiger partial charge in [0.2, 0.25) is 0 Å². The summed E-state index contributed by atoms with van der Waals surface area (Å²) in [5.41, 5.74) is 4.93. The van der Waals surface area contributed by atoms with Crippen LogP contribution in [0.5, 0.6) is 11.5 Å². The predicted octanol–water partition coefficient (Wildman–Crippen LogP) is 4.72. The van der Waals surface area contributed by atoms with Gasteiger partial charge in [0.25, 0.3) is 0 Å². The lowest BCUT2D eigenvalue weighted by Crippen LogP contribution is -1.98. The SMILES string of the molecule is COc1cc(CC=C(C)C)c(OC)cc1CC=C(C)C. The second kappa shape index (κ2) is 7.78. The van der Waals surface area contributed by atoms with E-state index in [9.17, 15) is 0 Å². The highest BCUT2D eigenvalue weighted by atomic mass is 16.5. The topological polar surface area (TPSA) is 18.5 Å². The number of rotatable bonds is 6. The maximum absolute atomic E-state index is 5.52. The van der Waals surface area contributed by atoms with Crippen molar-refractivity contribution >= 4 is 0 Å². The summed E-state index contributed by atoms with van der Waals surface area (Å²) < 4.78 is 11.0. The van der Waals surface area contributed by atoms with E-state index in [1.54, 1.807) is 14.2 Å². The first-order chi connectivity index (χ1) is 9.47. The van der Waals surface area contributed by atoms with E-state index in [4.69, 9.17) is 9.47 Å². The summed E-state index contributed by atoms with van der Waals surface area (Å²) in [5.74, 6) is 1.86. The molecule has 110 valence electrons. The van der Waals surface area contributed by atoms with Crippen LogP contribution in [0.3, 0.4) is 0 Å². The van der Waals surface area contributed by atoms with Crippen LogP contribution in [0.4, 0.5) is 0 Å². The molecule has 1 aromatic carbocycles. The lowest BCUT2D eigenvalue weighted by atomic mass is 10.0. The van der Waals surface area contributed by atoms with Gasteiger partial charge in [-0.2, -0.15) is 0 Å². The van der Waals surface area contributed by atoms with E-state index >= 15 is 0 Å². The normalized spacial score (nSPS) is 9.90. The molecule has 0 atom stereocenters. The molecule has 0 aromatic heterocycles. The third-order valence-electron chi connectivity index (χ3n) is 3.14. The number of hydrogen-bond acceptors (Lipinski definition) is 2. The average Bonchev–Trinajstić information content (AvgIpc) is 2.42. The van der Waals surface area contributed by atoms with E-state index in [1.807, 2.05) is 0 Å². The number of methoxy groups -OCH3 is 2. The summed E-state index contributed by atoms with van der Waals surface area (Å²) in [4.78, 5) is 0. The minimum absolute atomic E-state index is 0.866. The molecular weight excluding hydrogens is 248 g/mol. The van der Waals surface area contributed by atoms with Gasteiger partial charge in [-0.1, -0.05) is 23.3 Å². The Morgan fingerprint density at radius 1 is 0.800 bits per heavy atom. The number of ether oxygens (including phenoxy) is 2. The minimum atomic E-state index is 0.866. The summed E-state index contributed by atoms with van der Waals surface area (Å²) in [6.07, 6.45) is 6.13. The van der Waals surface area contributed by atoms with Gasteiger partial charge in [-0.05, 0) is 52.7 Å². The van der Waals surface area contributed by atoms with E-state index in [1.165, 1.54) is 11.1 Å². The quantitative estimate of drug-likeness (QED) is 0.699. The molecular formula is C18H26O2. The third kappa shape index (κ3) is 4.76. The molecule has 20 heavy (non-hydrogen) atoms. The summed E-state index contributed by atoms with van der Waals surface area (Å²) in [5, 5.41) is 0. The lowest BCUT2D eigenvalue weighted by Gasteiger charge is -2.13. The first kappa shape index (κ1) is 16.4. The van der Waals surface area contributed by atoms with Crippen molar-refractivity contribution in [3.05, 3.63) is 46.6 Å². The Labute approximate surface area is 123 Å². The van der Waals surface area contributed by atoms with Gasteiger partial charge in [-0.3, -0.25) is 0 Å². The fraction of sp³-hybridized carbons (Fsp3) is 0.444. The highest BCUT2D eigenvalue weighted by molar-refractivity contribution is 5.48. The average molecular weight is 274 g/mol. The Balaban J connectivity index is 3.16. The van der Waals surface area contributed by atoms with E-state index in [2.05, 4.69) is 52.0 Å². The summed E-state index contributed by atoms with van der Waals surface area (Å²) in [6.45, 7) is 8.42. The van der Waals surface area contributed by atoms with Crippen LogP contribution in [0, 0.1) is 0 Å². The van der Waals surface area contributed by atoms with Crippen molar-refractivity contribution in [3.63, 3.8) is 0 Å². The molecule has 0 fully saturated rings. The first-order valence-electron chi connectivity index (χ1n) is 6.98. The maximum atomic E-state index is 5.52. The Morgan fingerprint density at radius 3 is 1.40 bits per heavy atom. The molecule has 2 heteroatoms. The van der Waals surface area contributed by atoms with Crippen LogP contribution in [0.1, 0.15) is 38.8 Å². The lowest BCUT2D eigenvalue weighted by molar-refractivity contribution is 0.396. The smallest absolute Gasteiger partial charge is 0.122 e. The molecule has 0 saturated carbocycles. The molecule has 0 aliphatic carbocycles. The summed E-state index contributed by atoms with van der Waals surface area (Å²) >= 11 is 0. The maximum Gasteiger partial charge on any atom is 0.122 e. The molecule has 0 saturated heterocycles. The molecule has 0 heterocycles. The molecule has 0 aliphatic rings. The molecule has 0 amide bonds. The zero-order valence-corrected chi connectivity index (χ0v) is 13.5. The summed E-state index contributed by atoms with van der Waals surface area (Å²) in [6, 6.07) is 4.18. The van der Waals surface area contributed by atoms with Gasteiger partial charge in [0, 0.05) is 11.1 Å². The van der Waals surface area contributed by atoms with Crippen LogP contribution in [0.15, 0.2) is 35.4 Å². The molecule has 0 radical (unpaired) electrons. The summed E-state index contributed by atoms with van der Waals surface area (Å²) in [7, 11) is 3.44. The van der Waals surface area contributed by atoms with Gasteiger partial charge in [0.05, 0.1) is 14.2 Å². The Hall–Kier alpha value is -1.70. The number of allylic oxidation sites excluding steroid dienone is 4. The molecule has 0 bridgehead atoms. The van der Waals surface area contributed by atoms with Crippen LogP contribution in [0.2, 0.25) is 0 Å². The highest BCUT2D eigenvalue weighted by Crippen LogP contribution is 2.30. The van der Waals surface area contributed by atoms with E-state index < -0.39 is 0 Å². The first-order valence-corrected chi connectivity index (χ1v) is 6.98. The van der Waals surface area contributed by atoms with E-state index in [0.29, 0.717) is 0 Å². The van der Waals surface area contributed by atoms with Crippen LogP contribution >= 0.6 is 0 Å². The van der Waals surface area contributed by atoms with Crippen molar-refractivity contribution in [2.45, 2.75) is 40.5 Å². The van der Waals surface area contributed by atoms with Gasteiger partial charge >= 0.3 is 0 Å². The molecule has 0 N–H and O–H groups in total. The van der Waals surface area contributed by atoms with Crippen molar-refractivity contribution < 1.29 is 9.47 Å². The van der Waals surface area contributed by atoms with E-state index in [0.717, 1.165) is 35.5 Å². The van der Waals surface area contributed by atoms with Gasteiger partial charge in [0.1, 0.15) is 11.5 Å². The van der Waals surface area contributed by atoms with Crippen molar-refractivity contribution in [2.75, 3.05) is 14.2 Å². The van der Waals surface area contributed by atoms with Crippen molar-refractivity contribution in [2.24, 2.45) is 0 Å². The molecule has 1 rings (SSSR count). The zero-order valence-electron chi connectivity index (χ0n) is 13.5. The minimum Gasteiger partial charge on any atom is -0.496 e. The van der Waals surface area contributed by atoms with Gasteiger partial charge in [-0.25, -0.2) is 0 Å². The molecule has 2 nitrogen and oxygen atoms in total. The fourth-order valence-electron chi connectivity index (χ4n) is 1.97. The van der Waals surface area contributed by atoms with Crippen LogP contribution in [-0.4, -0.2) is 14.2 Å². The zero-order chi connectivity index (χ0) is 15.1. The molecule has 0 unspecified atom stereocenters. The van der Waals surface area contributed by atoms with Crippen molar-refractivity contribution in [3.8, 4) is 11.5 Å². The molecule has 0 aliphatic heterocycles. The Morgan fingerprint density at radius 2 is 1.15 bits per heavy atom. The highest BCUT2D eigenvalue weighted by Gasteiger charge is 2.09.